The Morgan fingerprint density at radius 3 is 2.88 bits per heavy atom. The van der Waals surface area contributed by atoms with E-state index in [-0.39, 0.29) is 12.2 Å². The number of carbonyl (C=O) groups is 1. The van der Waals surface area contributed by atoms with Crippen LogP contribution in [-0.2, 0) is 9.47 Å². The Bertz CT molecular complexity index is 524. The molecule has 3 rings (SSSR count). The molecule has 2 saturated heterocycles. The molecule has 2 N–H and O–H groups in total. The van der Waals surface area contributed by atoms with Gasteiger partial charge in [0.15, 0.2) is 0 Å². The number of allylic oxidation sites excluding steroid dienone is 3. The predicted molar refractivity (Wildman–Crippen MR) is 97.1 cm³/mol. The van der Waals surface area contributed by atoms with Crippen molar-refractivity contribution < 1.29 is 14.3 Å². The summed E-state index contributed by atoms with van der Waals surface area (Å²) in [6.45, 7) is 5.47. The van der Waals surface area contributed by atoms with Crippen LogP contribution >= 0.6 is 0 Å². The molecule has 1 unspecified atom stereocenters. The van der Waals surface area contributed by atoms with E-state index >= 15 is 0 Å². The van der Waals surface area contributed by atoms with Gasteiger partial charge in [-0.1, -0.05) is 12.2 Å². The van der Waals surface area contributed by atoms with E-state index in [4.69, 9.17) is 15.2 Å². The second kappa shape index (κ2) is 8.72. The number of hydrogen-bond acceptors (Lipinski definition) is 5. The lowest BCUT2D eigenvalue weighted by molar-refractivity contribution is -0.0343. The normalized spacial score (nSPS) is 26.1. The van der Waals surface area contributed by atoms with Crippen LogP contribution in [0.5, 0.6) is 0 Å². The van der Waals surface area contributed by atoms with Gasteiger partial charge in [-0.15, -0.1) is 0 Å². The highest BCUT2D eigenvalue weighted by molar-refractivity contribution is 5.67. The van der Waals surface area contributed by atoms with Crippen LogP contribution < -0.4 is 5.73 Å². The standard InChI is InChI=1S/C19H31N3O3/c1-24-19(23)22-8-6-15(7-9-22)13-21-10-11-25-17(14-21)12-16-4-2-3-5-18(16)20/h2,4,15,17H,3,5-14,20H2,1H3. The van der Waals surface area contributed by atoms with E-state index in [1.165, 1.54) is 12.7 Å². The molecule has 0 aromatic rings. The zero-order valence-electron chi connectivity index (χ0n) is 15.3. The van der Waals surface area contributed by atoms with Gasteiger partial charge in [-0.2, -0.15) is 0 Å². The molecule has 0 saturated carbocycles. The van der Waals surface area contributed by atoms with Crippen molar-refractivity contribution in [1.29, 1.82) is 0 Å². The molecule has 0 aromatic carbocycles. The summed E-state index contributed by atoms with van der Waals surface area (Å²) in [5.41, 5.74) is 8.43. The molecule has 25 heavy (non-hydrogen) atoms. The zero-order chi connectivity index (χ0) is 17.6. The first-order chi connectivity index (χ1) is 12.2. The molecule has 140 valence electrons. The van der Waals surface area contributed by atoms with Crippen LogP contribution in [0.25, 0.3) is 0 Å². The van der Waals surface area contributed by atoms with Gasteiger partial charge in [-0.05, 0) is 37.2 Å². The predicted octanol–water partition coefficient (Wildman–Crippen LogP) is 2.12. The first kappa shape index (κ1) is 18.3. The number of piperidine rings is 1. The fourth-order valence-electron chi connectivity index (χ4n) is 4.04. The molecule has 2 aliphatic heterocycles. The second-order valence-corrected chi connectivity index (χ2v) is 7.35. The average molecular weight is 349 g/mol. The Morgan fingerprint density at radius 1 is 1.36 bits per heavy atom. The molecular formula is C19H31N3O3. The number of amides is 1. The summed E-state index contributed by atoms with van der Waals surface area (Å²) in [5, 5.41) is 0. The van der Waals surface area contributed by atoms with Crippen molar-refractivity contribution >= 4 is 6.09 Å². The van der Waals surface area contributed by atoms with Gasteiger partial charge >= 0.3 is 6.09 Å². The van der Waals surface area contributed by atoms with Crippen molar-refractivity contribution in [2.24, 2.45) is 11.7 Å². The minimum absolute atomic E-state index is 0.198. The van der Waals surface area contributed by atoms with Crippen molar-refractivity contribution in [3.05, 3.63) is 23.4 Å². The van der Waals surface area contributed by atoms with E-state index in [0.29, 0.717) is 5.92 Å². The lowest BCUT2D eigenvalue weighted by Crippen LogP contribution is -2.47. The highest BCUT2D eigenvalue weighted by Crippen LogP contribution is 2.24. The van der Waals surface area contributed by atoms with E-state index in [2.05, 4.69) is 17.1 Å². The summed E-state index contributed by atoms with van der Waals surface area (Å²) < 4.78 is 10.8. The third-order valence-electron chi connectivity index (χ3n) is 5.55. The summed E-state index contributed by atoms with van der Waals surface area (Å²) in [6, 6.07) is 0. The Kier molecular flexibility index (Phi) is 6.37. The number of hydrogen-bond donors (Lipinski definition) is 1. The summed E-state index contributed by atoms with van der Waals surface area (Å²) in [7, 11) is 1.45. The summed E-state index contributed by atoms with van der Waals surface area (Å²) in [4.78, 5) is 15.9. The Labute approximate surface area is 150 Å². The highest BCUT2D eigenvalue weighted by Gasteiger charge is 2.27. The van der Waals surface area contributed by atoms with Crippen LogP contribution in [0.3, 0.4) is 0 Å². The van der Waals surface area contributed by atoms with Crippen LogP contribution in [0.2, 0.25) is 0 Å². The van der Waals surface area contributed by atoms with Gasteiger partial charge in [0.1, 0.15) is 0 Å². The molecule has 6 nitrogen and oxygen atoms in total. The van der Waals surface area contributed by atoms with Gasteiger partial charge in [0.05, 0.1) is 19.8 Å². The highest BCUT2D eigenvalue weighted by atomic mass is 16.5. The molecule has 1 aliphatic carbocycles. The van der Waals surface area contributed by atoms with Crippen molar-refractivity contribution in [3.63, 3.8) is 0 Å². The average Bonchev–Trinajstić information content (AvgIpc) is 2.64. The van der Waals surface area contributed by atoms with Gasteiger partial charge < -0.3 is 20.1 Å². The third kappa shape index (κ3) is 4.98. The van der Waals surface area contributed by atoms with Crippen LogP contribution in [0, 0.1) is 5.92 Å². The lowest BCUT2D eigenvalue weighted by Gasteiger charge is -2.38. The van der Waals surface area contributed by atoms with Gasteiger partial charge in [-0.25, -0.2) is 4.79 Å². The number of rotatable bonds is 4. The minimum atomic E-state index is -0.198. The van der Waals surface area contributed by atoms with Crippen molar-refractivity contribution in [2.45, 2.75) is 38.2 Å². The topological polar surface area (TPSA) is 68.0 Å². The van der Waals surface area contributed by atoms with E-state index in [1.807, 2.05) is 4.90 Å². The molecule has 2 fully saturated rings. The molecular weight excluding hydrogens is 318 g/mol. The maximum atomic E-state index is 11.6. The fraction of sp³-hybridized carbons (Fsp3) is 0.737. The summed E-state index contributed by atoms with van der Waals surface area (Å²) in [5.74, 6) is 0.651. The summed E-state index contributed by atoms with van der Waals surface area (Å²) >= 11 is 0. The monoisotopic (exact) mass is 349 g/mol. The van der Waals surface area contributed by atoms with E-state index in [0.717, 1.165) is 77.1 Å². The molecule has 2 heterocycles. The smallest absolute Gasteiger partial charge is 0.409 e. The number of likely N-dealkylation sites (tertiary alicyclic amines) is 1. The van der Waals surface area contributed by atoms with Crippen molar-refractivity contribution in [3.8, 4) is 0 Å². The Hall–Kier alpha value is -1.53. The second-order valence-electron chi connectivity index (χ2n) is 7.35. The molecule has 0 aromatic heterocycles. The first-order valence-corrected chi connectivity index (χ1v) is 9.46. The molecule has 3 aliphatic rings. The largest absolute Gasteiger partial charge is 0.453 e. The molecule has 1 atom stereocenters. The molecule has 6 heteroatoms. The van der Waals surface area contributed by atoms with E-state index in [9.17, 15) is 4.79 Å². The molecule has 0 radical (unpaired) electrons. The number of methoxy groups -OCH3 is 1. The van der Waals surface area contributed by atoms with Crippen LogP contribution in [-0.4, -0.2) is 68.4 Å². The maximum absolute atomic E-state index is 11.6. The molecule has 0 bridgehead atoms. The molecule has 0 spiro atoms. The number of ether oxygens (including phenoxy) is 2. The number of morpholine rings is 1. The lowest BCUT2D eigenvalue weighted by atomic mass is 9.95. The number of carbonyl (C=O) groups excluding carboxylic acids is 1. The zero-order valence-corrected chi connectivity index (χ0v) is 15.3. The van der Waals surface area contributed by atoms with Crippen molar-refractivity contribution in [2.75, 3.05) is 46.4 Å². The third-order valence-corrected chi connectivity index (χ3v) is 5.55. The first-order valence-electron chi connectivity index (χ1n) is 9.46. The summed E-state index contributed by atoms with van der Waals surface area (Å²) in [6.07, 6.45) is 9.47. The van der Waals surface area contributed by atoms with Gasteiger partial charge in [0.25, 0.3) is 0 Å². The van der Waals surface area contributed by atoms with E-state index < -0.39 is 0 Å². The van der Waals surface area contributed by atoms with Gasteiger partial charge in [0.2, 0.25) is 0 Å². The maximum Gasteiger partial charge on any atom is 0.409 e. The fourth-order valence-corrected chi connectivity index (χ4v) is 4.04. The van der Waals surface area contributed by atoms with Crippen LogP contribution in [0.4, 0.5) is 4.79 Å². The Balaban J connectivity index is 1.45. The Morgan fingerprint density at radius 2 is 2.16 bits per heavy atom. The van der Waals surface area contributed by atoms with E-state index in [1.54, 1.807) is 0 Å². The van der Waals surface area contributed by atoms with Crippen LogP contribution in [0.15, 0.2) is 23.4 Å². The number of nitrogens with two attached hydrogens (primary N) is 1. The molecule has 1 amide bonds. The number of nitrogens with zero attached hydrogens (tertiary/aromatic N) is 2. The SMILES string of the molecule is COC(=O)N1CCC(CN2CCOC(CC3=C(N)CCC=C3)C2)CC1. The van der Waals surface area contributed by atoms with Gasteiger partial charge in [0, 0.05) is 44.8 Å². The quantitative estimate of drug-likeness (QED) is 0.842. The van der Waals surface area contributed by atoms with Crippen LogP contribution in [0.1, 0.15) is 32.1 Å². The van der Waals surface area contributed by atoms with Crippen molar-refractivity contribution in [1.82, 2.24) is 9.80 Å². The van der Waals surface area contributed by atoms with Gasteiger partial charge in [-0.3, -0.25) is 4.90 Å². The minimum Gasteiger partial charge on any atom is -0.453 e.